The van der Waals surface area contributed by atoms with Crippen molar-refractivity contribution >= 4 is 23.4 Å². The van der Waals surface area contributed by atoms with E-state index in [0.29, 0.717) is 12.1 Å². The first-order chi connectivity index (χ1) is 12.8. The van der Waals surface area contributed by atoms with Gasteiger partial charge >= 0.3 is 6.09 Å². The average Bonchev–Trinajstić information content (AvgIpc) is 2.60. The van der Waals surface area contributed by atoms with Gasteiger partial charge in [-0.3, -0.25) is 4.79 Å². The Bertz CT molecular complexity index is 768. The van der Waals surface area contributed by atoms with Gasteiger partial charge in [-0.2, -0.15) is 0 Å². The fourth-order valence-corrected chi connectivity index (χ4v) is 3.91. The molecule has 0 unspecified atom stereocenters. The molecule has 0 aromatic heterocycles. The van der Waals surface area contributed by atoms with Crippen LogP contribution in [0.4, 0.5) is 16.2 Å². The predicted molar refractivity (Wildman–Crippen MR) is 104 cm³/mol. The van der Waals surface area contributed by atoms with Crippen LogP contribution in [-0.4, -0.2) is 29.7 Å². The number of aryl methyl sites for hydroxylation is 1. The van der Waals surface area contributed by atoms with Crippen LogP contribution in [0.3, 0.4) is 0 Å². The molecule has 1 N–H and O–H groups in total. The summed E-state index contributed by atoms with van der Waals surface area (Å²) in [5.41, 5.74) is 2.08. The van der Waals surface area contributed by atoms with Gasteiger partial charge in [0.25, 0.3) is 0 Å². The molecular weight excluding hydrogens is 342 g/mol. The van der Waals surface area contributed by atoms with Gasteiger partial charge in [0.05, 0.1) is 6.57 Å². The molecule has 1 aliphatic heterocycles. The van der Waals surface area contributed by atoms with Crippen molar-refractivity contribution in [2.24, 2.45) is 0 Å². The van der Waals surface area contributed by atoms with Crippen LogP contribution in [0.1, 0.15) is 58.4 Å². The van der Waals surface area contributed by atoms with Gasteiger partial charge in [0, 0.05) is 24.2 Å². The van der Waals surface area contributed by atoms with E-state index in [1.54, 1.807) is 0 Å². The summed E-state index contributed by atoms with van der Waals surface area (Å²) in [6.07, 6.45) is 4.14. The number of benzene rings is 1. The van der Waals surface area contributed by atoms with Gasteiger partial charge in [-0.1, -0.05) is 12.1 Å². The molecule has 0 saturated heterocycles. The normalized spacial score (nSPS) is 22.6. The number of anilines is 1. The highest BCUT2D eigenvalue weighted by Crippen LogP contribution is 2.36. The predicted octanol–water partition coefficient (Wildman–Crippen LogP) is 4.35. The second-order valence-electron chi connectivity index (χ2n) is 8.34. The highest BCUT2D eigenvalue weighted by Gasteiger charge is 2.34. The molecule has 0 bridgehead atoms. The molecule has 0 spiro atoms. The molecule has 0 radical (unpaired) electrons. The van der Waals surface area contributed by atoms with E-state index in [4.69, 9.17) is 11.3 Å². The summed E-state index contributed by atoms with van der Waals surface area (Å²) in [6.45, 7) is 12.8. The molecule has 1 aromatic rings. The van der Waals surface area contributed by atoms with Crippen LogP contribution in [0.25, 0.3) is 4.85 Å². The van der Waals surface area contributed by atoms with Crippen LogP contribution < -0.4 is 10.2 Å². The minimum atomic E-state index is -0.508. The van der Waals surface area contributed by atoms with Gasteiger partial charge in [-0.25, -0.2) is 9.64 Å². The molecular formula is C21H27N3O3. The number of carbonyl (C=O) groups is 2. The molecule has 0 atom stereocenters. The Morgan fingerprint density at radius 3 is 2.56 bits per heavy atom. The van der Waals surface area contributed by atoms with E-state index in [1.165, 1.54) is 0 Å². The second-order valence-corrected chi connectivity index (χ2v) is 8.34. The number of hydrogen-bond donors (Lipinski definition) is 1. The van der Waals surface area contributed by atoms with Crippen molar-refractivity contribution < 1.29 is 14.3 Å². The van der Waals surface area contributed by atoms with Crippen molar-refractivity contribution in [3.8, 4) is 0 Å². The molecule has 1 fully saturated rings. The molecule has 1 saturated carbocycles. The molecule has 1 heterocycles. The fourth-order valence-electron chi connectivity index (χ4n) is 3.91. The van der Waals surface area contributed by atoms with E-state index >= 15 is 0 Å². The molecule has 3 rings (SSSR count). The van der Waals surface area contributed by atoms with Gasteiger partial charge in [0.2, 0.25) is 5.91 Å². The van der Waals surface area contributed by atoms with Crippen molar-refractivity contribution in [3.05, 3.63) is 35.2 Å². The van der Waals surface area contributed by atoms with Crippen LogP contribution in [0.2, 0.25) is 0 Å². The Labute approximate surface area is 160 Å². The van der Waals surface area contributed by atoms with Gasteiger partial charge in [0.1, 0.15) is 5.60 Å². The number of carbonyl (C=O) groups excluding carboxylic acids is 2. The smallest absolute Gasteiger partial charge is 0.407 e. The standard InChI is InChI=1S/C21H27N3O3/c1-21(2,3)27-20(26)23-15-8-10-17(11-9-15)24-18-13-16(22-4)7-5-14(18)6-12-19(24)25/h5,7,13,15,17H,6,8-12H2,1-3H3,(H,23,26). The Balaban J connectivity index is 1.65. The van der Waals surface area contributed by atoms with Crippen LogP contribution in [0, 0.1) is 6.57 Å². The maximum Gasteiger partial charge on any atom is 0.407 e. The molecule has 2 amide bonds. The SMILES string of the molecule is [C-]#[N+]c1ccc2c(c1)N(C1CCC(NC(=O)OC(C)(C)C)CC1)C(=O)CC2. The Morgan fingerprint density at radius 1 is 1.22 bits per heavy atom. The van der Waals surface area contributed by atoms with Gasteiger partial charge in [-0.05, 0) is 64.5 Å². The summed E-state index contributed by atoms with van der Waals surface area (Å²) in [4.78, 5) is 30.0. The summed E-state index contributed by atoms with van der Waals surface area (Å²) in [6, 6.07) is 5.82. The quantitative estimate of drug-likeness (QED) is 0.788. The number of amides is 2. The topological polar surface area (TPSA) is 63.0 Å². The summed E-state index contributed by atoms with van der Waals surface area (Å²) < 4.78 is 5.33. The first-order valence-corrected chi connectivity index (χ1v) is 9.59. The van der Waals surface area contributed by atoms with Crippen LogP contribution in [-0.2, 0) is 16.0 Å². The van der Waals surface area contributed by atoms with Crippen molar-refractivity contribution in [1.29, 1.82) is 0 Å². The van der Waals surface area contributed by atoms with E-state index in [9.17, 15) is 9.59 Å². The van der Waals surface area contributed by atoms with Gasteiger partial charge in [-0.15, -0.1) is 0 Å². The van der Waals surface area contributed by atoms with Gasteiger partial charge < -0.3 is 15.0 Å². The molecule has 6 heteroatoms. The minimum absolute atomic E-state index is 0.0741. The number of rotatable bonds is 2. The zero-order valence-corrected chi connectivity index (χ0v) is 16.2. The monoisotopic (exact) mass is 369 g/mol. The molecule has 2 aliphatic rings. The van der Waals surface area contributed by atoms with Crippen LogP contribution >= 0.6 is 0 Å². The maximum absolute atomic E-state index is 12.6. The number of alkyl carbamates (subject to hydrolysis) is 1. The lowest BCUT2D eigenvalue weighted by atomic mass is 9.88. The van der Waals surface area contributed by atoms with Crippen LogP contribution in [0.15, 0.2) is 18.2 Å². The highest BCUT2D eigenvalue weighted by molar-refractivity contribution is 5.97. The number of ether oxygens (including phenoxy) is 1. The van der Waals surface area contributed by atoms with Gasteiger partial charge in [0.15, 0.2) is 5.69 Å². The minimum Gasteiger partial charge on any atom is -0.444 e. The third-order valence-corrected chi connectivity index (χ3v) is 5.12. The van der Waals surface area contributed by atoms with E-state index in [0.717, 1.165) is 43.4 Å². The molecule has 6 nitrogen and oxygen atoms in total. The summed E-state index contributed by atoms with van der Waals surface area (Å²) >= 11 is 0. The summed E-state index contributed by atoms with van der Waals surface area (Å²) in [5.74, 6) is 0.133. The van der Waals surface area contributed by atoms with E-state index in [1.807, 2.05) is 43.9 Å². The largest absolute Gasteiger partial charge is 0.444 e. The number of hydrogen-bond acceptors (Lipinski definition) is 3. The molecule has 144 valence electrons. The first kappa shape index (κ1) is 19.2. The average molecular weight is 369 g/mol. The van der Waals surface area contributed by atoms with Crippen molar-refractivity contribution in [3.63, 3.8) is 0 Å². The molecule has 27 heavy (non-hydrogen) atoms. The van der Waals surface area contributed by atoms with Crippen molar-refractivity contribution in [2.75, 3.05) is 4.90 Å². The number of fused-ring (bicyclic) bond motifs is 1. The number of nitrogens with one attached hydrogen (secondary N) is 1. The Kier molecular flexibility index (Phi) is 5.41. The lowest BCUT2D eigenvalue weighted by Gasteiger charge is -2.40. The lowest BCUT2D eigenvalue weighted by Crippen LogP contribution is -2.48. The number of nitrogens with zero attached hydrogens (tertiary/aromatic N) is 2. The molecule has 1 aromatic carbocycles. The van der Waals surface area contributed by atoms with E-state index in [2.05, 4.69) is 10.2 Å². The van der Waals surface area contributed by atoms with E-state index in [-0.39, 0.29) is 24.1 Å². The Hall–Kier alpha value is -2.55. The summed E-state index contributed by atoms with van der Waals surface area (Å²) in [7, 11) is 0. The Morgan fingerprint density at radius 2 is 1.93 bits per heavy atom. The zero-order valence-electron chi connectivity index (χ0n) is 16.2. The zero-order chi connectivity index (χ0) is 19.6. The highest BCUT2D eigenvalue weighted by atomic mass is 16.6. The first-order valence-electron chi connectivity index (χ1n) is 9.59. The van der Waals surface area contributed by atoms with E-state index < -0.39 is 5.60 Å². The summed E-state index contributed by atoms with van der Waals surface area (Å²) in [5, 5.41) is 2.94. The third-order valence-electron chi connectivity index (χ3n) is 5.12. The lowest BCUT2D eigenvalue weighted by molar-refractivity contribution is -0.119. The second kappa shape index (κ2) is 7.59. The van der Waals surface area contributed by atoms with Crippen molar-refractivity contribution in [1.82, 2.24) is 5.32 Å². The maximum atomic E-state index is 12.6. The molecule has 1 aliphatic carbocycles. The van der Waals surface area contributed by atoms with Crippen molar-refractivity contribution in [2.45, 2.75) is 77.0 Å². The third kappa shape index (κ3) is 4.60. The fraction of sp³-hybridized carbons (Fsp3) is 0.571. The van der Waals surface area contributed by atoms with Crippen LogP contribution in [0.5, 0.6) is 0 Å².